The van der Waals surface area contributed by atoms with Crippen LogP contribution in [0.5, 0.6) is 0 Å². The van der Waals surface area contributed by atoms with E-state index in [9.17, 15) is 13.2 Å². The summed E-state index contributed by atoms with van der Waals surface area (Å²) in [5.41, 5.74) is 0.967. The molecule has 0 N–H and O–H groups in total. The number of hydrogen-bond donors (Lipinski definition) is 0. The van der Waals surface area contributed by atoms with Crippen molar-refractivity contribution in [3.8, 4) is 0 Å². The Balaban J connectivity index is 1.94. The molecule has 1 saturated heterocycles. The van der Waals surface area contributed by atoms with Crippen LogP contribution in [-0.4, -0.2) is 38.9 Å². The highest BCUT2D eigenvalue weighted by Crippen LogP contribution is 2.24. The molecule has 27 heavy (non-hydrogen) atoms. The van der Waals surface area contributed by atoms with Crippen molar-refractivity contribution in [2.45, 2.75) is 24.2 Å². The molecule has 0 bridgehead atoms. The van der Waals surface area contributed by atoms with Crippen molar-refractivity contribution < 1.29 is 13.2 Å². The Morgan fingerprint density at radius 2 is 1.74 bits per heavy atom. The average molecular weight is 385 g/mol. The van der Waals surface area contributed by atoms with E-state index in [1.54, 1.807) is 47.4 Å². The summed E-state index contributed by atoms with van der Waals surface area (Å²) < 4.78 is 27.8. The summed E-state index contributed by atoms with van der Waals surface area (Å²) in [6.45, 7) is 5.27. The van der Waals surface area contributed by atoms with Gasteiger partial charge in [0.1, 0.15) is 0 Å². The Morgan fingerprint density at radius 3 is 2.41 bits per heavy atom. The minimum Gasteiger partial charge on any atom is -0.339 e. The highest BCUT2D eigenvalue weighted by Gasteiger charge is 2.26. The van der Waals surface area contributed by atoms with Crippen molar-refractivity contribution in [3.63, 3.8) is 0 Å². The lowest BCUT2D eigenvalue weighted by atomic mass is 10.1. The number of carbonyl (C=O) groups excluding carboxylic acids is 1. The summed E-state index contributed by atoms with van der Waals surface area (Å²) in [6, 6.07) is 15.2. The third-order valence-corrected chi connectivity index (χ3v) is 6.44. The summed E-state index contributed by atoms with van der Waals surface area (Å²) >= 11 is 0. The van der Waals surface area contributed by atoms with E-state index in [0.29, 0.717) is 11.3 Å². The van der Waals surface area contributed by atoms with Crippen LogP contribution in [0.15, 0.2) is 72.1 Å². The highest BCUT2D eigenvalue weighted by molar-refractivity contribution is 7.92. The van der Waals surface area contributed by atoms with Gasteiger partial charge in [0.2, 0.25) is 0 Å². The van der Waals surface area contributed by atoms with Gasteiger partial charge in [-0.15, -0.1) is 6.58 Å². The van der Waals surface area contributed by atoms with Gasteiger partial charge in [0, 0.05) is 18.7 Å². The summed E-state index contributed by atoms with van der Waals surface area (Å²) in [5, 5.41) is 0. The fourth-order valence-corrected chi connectivity index (χ4v) is 4.73. The zero-order valence-electron chi connectivity index (χ0n) is 15.3. The molecule has 0 atom stereocenters. The fraction of sp³-hybridized carbons (Fsp3) is 0.286. The van der Waals surface area contributed by atoms with E-state index < -0.39 is 10.0 Å². The molecule has 0 aliphatic carbocycles. The monoisotopic (exact) mass is 384 g/mol. The number of benzene rings is 2. The molecule has 0 aromatic heterocycles. The van der Waals surface area contributed by atoms with Gasteiger partial charge in [0.15, 0.2) is 0 Å². The molecule has 0 unspecified atom stereocenters. The zero-order chi connectivity index (χ0) is 19.3. The number of rotatable bonds is 6. The second-order valence-electron chi connectivity index (χ2n) is 6.54. The van der Waals surface area contributed by atoms with Crippen molar-refractivity contribution in [2.75, 3.05) is 23.9 Å². The summed E-state index contributed by atoms with van der Waals surface area (Å²) in [4.78, 5) is 14.7. The number of hydrogen-bond acceptors (Lipinski definition) is 3. The first-order valence-corrected chi connectivity index (χ1v) is 10.6. The van der Waals surface area contributed by atoms with Gasteiger partial charge in [-0.2, -0.15) is 0 Å². The Morgan fingerprint density at radius 1 is 1.04 bits per heavy atom. The van der Waals surface area contributed by atoms with E-state index in [0.717, 1.165) is 32.4 Å². The minimum atomic E-state index is -3.81. The maximum absolute atomic E-state index is 13.2. The van der Waals surface area contributed by atoms with Gasteiger partial charge in [-0.25, -0.2) is 8.42 Å². The van der Waals surface area contributed by atoms with Crippen molar-refractivity contribution in [1.29, 1.82) is 0 Å². The van der Waals surface area contributed by atoms with Crippen molar-refractivity contribution >= 4 is 21.6 Å². The van der Waals surface area contributed by atoms with Crippen molar-refractivity contribution in [1.82, 2.24) is 4.90 Å². The van der Waals surface area contributed by atoms with Crippen LogP contribution in [0.25, 0.3) is 0 Å². The van der Waals surface area contributed by atoms with Gasteiger partial charge in [-0.1, -0.05) is 30.3 Å². The van der Waals surface area contributed by atoms with Gasteiger partial charge in [0.05, 0.1) is 17.1 Å². The van der Waals surface area contributed by atoms with Crippen LogP contribution in [0.3, 0.4) is 0 Å². The third-order valence-electron chi connectivity index (χ3n) is 4.65. The summed E-state index contributed by atoms with van der Waals surface area (Å²) in [6.07, 6.45) is 4.66. The molecular formula is C21H24N2O3S. The molecule has 6 heteroatoms. The largest absolute Gasteiger partial charge is 0.339 e. The average Bonchev–Trinajstić information content (AvgIpc) is 2.72. The number of nitrogens with zero attached hydrogens (tertiary/aromatic N) is 2. The number of likely N-dealkylation sites (tertiary alicyclic amines) is 1. The predicted molar refractivity (Wildman–Crippen MR) is 107 cm³/mol. The van der Waals surface area contributed by atoms with Crippen LogP contribution in [0.2, 0.25) is 0 Å². The van der Waals surface area contributed by atoms with E-state index in [2.05, 4.69) is 6.58 Å². The number of amides is 1. The highest BCUT2D eigenvalue weighted by atomic mass is 32.2. The van der Waals surface area contributed by atoms with Crippen molar-refractivity contribution in [2.24, 2.45) is 0 Å². The van der Waals surface area contributed by atoms with E-state index in [1.165, 1.54) is 16.4 Å². The molecule has 2 aromatic carbocycles. The number of carbonyl (C=O) groups is 1. The number of anilines is 1. The summed E-state index contributed by atoms with van der Waals surface area (Å²) in [7, 11) is -3.81. The maximum atomic E-state index is 13.2. The van der Waals surface area contributed by atoms with Crippen LogP contribution in [0.1, 0.15) is 29.6 Å². The predicted octanol–water partition coefficient (Wildman–Crippen LogP) is 3.69. The molecule has 0 spiro atoms. The lowest BCUT2D eigenvalue weighted by Crippen LogP contribution is -2.36. The quantitative estimate of drug-likeness (QED) is 0.714. The molecule has 3 rings (SSSR count). The van der Waals surface area contributed by atoms with Gasteiger partial charge in [0.25, 0.3) is 15.9 Å². The second kappa shape index (κ2) is 8.39. The van der Waals surface area contributed by atoms with Crippen LogP contribution in [-0.2, 0) is 10.0 Å². The van der Waals surface area contributed by atoms with E-state index >= 15 is 0 Å². The fourth-order valence-electron chi connectivity index (χ4n) is 3.25. The molecule has 2 aromatic rings. The maximum Gasteiger partial charge on any atom is 0.264 e. The van der Waals surface area contributed by atoms with Gasteiger partial charge < -0.3 is 4.90 Å². The molecule has 1 aliphatic heterocycles. The first kappa shape index (κ1) is 19.2. The van der Waals surface area contributed by atoms with E-state index in [-0.39, 0.29) is 17.3 Å². The molecular weight excluding hydrogens is 360 g/mol. The topological polar surface area (TPSA) is 57.7 Å². The Bertz CT molecular complexity index is 904. The molecule has 0 saturated carbocycles. The zero-order valence-corrected chi connectivity index (χ0v) is 16.1. The standard InChI is InChI=1S/C21H24N2O3S/c1-2-14-23(19-11-5-3-6-12-19)27(25,26)20-13-9-10-18(17-20)21(24)22-15-7-4-8-16-22/h2-3,5-6,9-13,17H,1,4,7-8,14-16H2. The molecule has 142 valence electrons. The number of sulfonamides is 1. The van der Waals surface area contributed by atoms with Crippen LogP contribution < -0.4 is 4.31 Å². The normalized spacial score (nSPS) is 14.6. The SMILES string of the molecule is C=CCN(c1ccccc1)S(=O)(=O)c1cccc(C(=O)N2CCCCC2)c1. The van der Waals surface area contributed by atoms with Crippen LogP contribution in [0, 0.1) is 0 Å². The van der Waals surface area contributed by atoms with Gasteiger partial charge in [-0.05, 0) is 49.6 Å². The lowest BCUT2D eigenvalue weighted by Gasteiger charge is -2.27. The number of para-hydroxylation sites is 1. The Hall–Kier alpha value is -2.60. The lowest BCUT2D eigenvalue weighted by molar-refractivity contribution is 0.0724. The van der Waals surface area contributed by atoms with Crippen LogP contribution >= 0.6 is 0 Å². The molecule has 1 fully saturated rings. The first-order valence-electron chi connectivity index (χ1n) is 9.12. The minimum absolute atomic E-state index is 0.107. The molecule has 1 aliphatic rings. The van der Waals surface area contributed by atoms with E-state index in [1.807, 2.05) is 6.07 Å². The van der Waals surface area contributed by atoms with Crippen molar-refractivity contribution in [3.05, 3.63) is 72.8 Å². The Kier molecular flexibility index (Phi) is 5.96. The first-order chi connectivity index (χ1) is 13.0. The smallest absolute Gasteiger partial charge is 0.264 e. The number of piperidine rings is 1. The molecule has 5 nitrogen and oxygen atoms in total. The second-order valence-corrected chi connectivity index (χ2v) is 8.40. The molecule has 0 radical (unpaired) electrons. The van der Waals surface area contributed by atoms with E-state index in [4.69, 9.17) is 0 Å². The summed E-state index contributed by atoms with van der Waals surface area (Å²) in [5.74, 6) is -0.110. The Labute approximate surface area is 161 Å². The van der Waals surface area contributed by atoms with Gasteiger partial charge >= 0.3 is 0 Å². The molecule has 1 amide bonds. The van der Waals surface area contributed by atoms with Crippen LogP contribution in [0.4, 0.5) is 5.69 Å². The molecule has 1 heterocycles. The third kappa shape index (κ3) is 4.22. The van der Waals surface area contributed by atoms with Gasteiger partial charge in [-0.3, -0.25) is 9.10 Å².